The second kappa shape index (κ2) is 6.71. The number of hydrogen-bond acceptors (Lipinski definition) is 3. The summed E-state index contributed by atoms with van der Waals surface area (Å²) in [4.78, 5) is 14.7. The van der Waals surface area contributed by atoms with Gasteiger partial charge in [-0.2, -0.15) is 0 Å². The average Bonchev–Trinajstić information content (AvgIpc) is 2.79. The van der Waals surface area contributed by atoms with Gasteiger partial charge in [0, 0.05) is 44.7 Å². The summed E-state index contributed by atoms with van der Waals surface area (Å²) in [6.07, 6.45) is 3.12. The van der Waals surface area contributed by atoms with Gasteiger partial charge in [-0.05, 0) is 32.1 Å². The van der Waals surface area contributed by atoms with E-state index in [9.17, 15) is 4.79 Å². The van der Waals surface area contributed by atoms with Crippen LogP contribution >= 0.6 is 0 Å². The number of ether oxygens (including phenoxy) is 2. The van der Waals surface area contributed by atoms with E-state index >= 15 is 0 Å². The molecule has 110 valence electrons. The van der Waals surface area contributed by atoms with Gasteiger partial charge in [0.05, 0.1) is 6.61 Å². The van der Waals surface area contributed by atoms with Crippen LogP contribution in [0.5, 0.6) is 0 Å². The Balaban J connectivity index is 1.91. The summed E-state index contributed by atoms with van der Waals surface area (Å²) in [6.45, 7) is 7.49. The zero-order valence-corrected chi connectivity index (χ0v) is 12.4. The third-order valence-corrected chi connectivity index (χ3v) is 4.71. The molecule has 4 heteroatoms. The first-order chi connectivity index (χ1) is 9.13. The van der Waals surface area contributed by atoms with E-state index in [1.807, 2.05) is 0 Å². The van der Waals surface area contributed by atoms with Gasteiger partial charge in [-0.3, -0.25) is 4.79 Å². The van der Waals surface area contributed by atoms with Gasteiger partial charge in [-0.15, -0.1) is 0 Å². The maximum Gasteiger partial charge on any atom is 0.225 e. The van der Waals surface area contributed by atoms with Crippen molar-refractivity contribution in [1.29, 1.82) is 0 Å². The molecule has 0 bridgehead atoms. The summed E-state index contributed by atoms with van der Waals surface area (Å²) < 4.78 is 10.6. The number of amides is 1. The summed E-state index contributed by atoms with van der Waals surface area (Å²) >= 11 is 0. The molecule has 0 aromatic carbocycles. The molecule has 0 saturated carbocycles. The first kappa shape index (κ1) is 14.8. The van der Waals surface area contributed by atoms with E-state index in [1.165, 1.54) is 0 Å². The Morgan fingerprint density at radius 3 is 2.74 bits per heavy atom. The van der Waals surface area contributed by atoms with Crippen LogP contribution in [0.1, 0.15) is 33.1 Å². The molecule has 2 aliphatic heterocycles. The number of carbonyl (C=O) groups is 1. The van der Waals surface area contributed by atoms with Crippen LogP contribution in [-0.4, -0.2) is 50.3 Å². The second-order valence-corrected chi connectivity index (χ2v) is 6.14. The van der Waals surface area contributed by atoms with Crippen molar-refractivity contribution >= 4 is 5.91 Å². The maximum absolute atomic E-state index is 12.6. The number of rotatable bonds is 4. The number of nitrogens with zero attached hydrogens (tertiary/aromatic N) is 1. The Morgan fingerprint density at radius 1 is 1.42 bits per heavy atom. The Hall–Kier alpha value is -0.610. The highest BCUT2D eigenvalue weighted by Crippen LogP contribution is 2.30. The number of likely N-dealkylation sites (tertiary alicyclic amines) is 1. The molecule has 2 saturated heterocycles. The van der Waals surface area contributed by atoms with E-state index in [-0.39, 0.29) is 5.92 Å². The van der Waals surface area contributed by atoms with Gasteiger partial charge in [0.1, 0.15) is 0 Å². The number of methoxy groups -OCH3 is 1. The third-order valence-electron chi connectivity index (χ3n) is 4.71. The lowest BCUT2D eigenvalue weighted by Gasteiger charge is -2.31. The second-order valence-electron chi connectivity index (χ2n) is 6.14. The van der Waals surface area contributed by atoms with E-state index in [4.69, 9.17) is 9.47 Å². The minimum atomic E-state index is 0.132. The van der Waals surface area contributed by atoms with E-state index in [0.29, 0.717) is 23.8 Å². The van der Waals surface area contributed by atoms with E-state index < -0.39 is 0 Å². The van der Waals surface area contributed by atoms with Gasteiger partial charge in [-0.1, -0.05) is 6.92 Å². The molecule has 4 nitrogen and oxygen atoms in total. The SMILES string of the molecule is COCC1C[C@@H](C)N(C(=O)C(C)C2CCOCC2)C1. The molecule has 3 atom stereocenters. The molecule has 19 heavy (non-hydrogen) atoms. The van der Waals surface area contributed by atoms with Gasteiger partial charge in [0.2, 0.25) is 5.91 Å². The molecule has 0 aromatic heterocycles. The molecule has 0 aromatic rings. The van der Waals surface area contributed by atoms with Crippen LogP contribution in [0, 0.1) is 17.8 Å². The van der Waals surface area contributed by atoms with Crippen LogP contribution in [0.2, 0.25) is 0 Å². The van der Waals surface area contributed by atoms with Crippen molar-refractivity contribution in [2.45, 2.75) is 39.2 Å². The topological polar surface area (TPSA) is 38.8 Å². The maximum atomic E-state index is 12.6. The van der Waals surface area contributed by atoms with Crippen molar-refractivity contribution in [1.82, 2.24) is 4.90 Å². The summed E-state index contributed by atoms with van der Waals surface area (Å²) in [5, 5.41) is 0. The lowest BCUT2D eigenvalue weighted by Crippen LogP contribution is -2.41. The summed E-state index contributed by atoms with van der Waals surface area (Å²) in [5.41, 5.74) is 0. The van der Waals surface area contributed by atoms with E-state index in [1.54, 1.807) is 7.11 Å². The zero-order valence-electron chi connectivity index (χ0n) is 12.4. The molecule has 0 N–H and O–H groups in total. The standard InChI is InChI=1S/C15H27NO3/c1-11-8-13(10-18-3)9-16(11)15(17)12(2)14-4-6-19-7-5-14/h11-14H,4-10H2,1-3H3/t11-,12?,13?/m1/s1. The van der Waals surface area contributed by atoms with Gasteiger partial charge < -0.3 is 14.4 Å². The fourth-order valence-corrected chi connectivity index (χ4v) is 3.48. The highest BCUT2D eigenvalue weighted by molar-refractivity contribution is 5.79. The molecule has 0 radical (unpaired) electrons. The molecule has 2 fully saturated rings. The van der Waals surface area contributed by atoms with E-state index in [0.717, 1.165) is 45.6 Å². The largest absolute Gasteiger partial charge is 0.384 e. The van der Waals surface area contributed by atoms with Crippen molar-refractivity contribution in [2.24, 2.45) is 17.8 Å². The van der Waals surface area contributed by atoms with Crippen LogP contribution < -0.4 is 0 Å². The molecule has 2 aliphatic rings. The Morgan fingerprint density at radius 2 is 2.11 bits per heavy atom. The molecule has 2 rings (SSSR count). The molecule has 0 aliphatic carbocycles. The fraction of sp³-hybridized carbons (Fsp3) is 0.933. The summed E-state index contributed by atoms with van der Waals surface area (Å²) in [7, 11) is 1.74. The first-order valence-corrected chi connectivity index (χ1v) is 7.50. The van der Waals surface area contributed by atoms with Gasteiger partial charge in [-0.25, -0.2) is 0 Å². The minimum Gasteiger partial charge on any atom is -0.384 e. The van der Waals surface area contributed by atoms with Crippen molar-refractivity contribution < 1.29 is 14.3 Å². The van der Waals surface area contributed by atoms with Crippen molar-refractivity contribution in [3.63, 3.8) is 0 Å². The predicted molar refractivity (Wildman–Crippen MR) is 73.9 cm³/mol. The fourth-order valence-electron chi connectivity index (χ4n) is 3.48. The quantitative estimate of drug-likeness (QED) is 0.783. The lowest BCUT2D eigenvalue weighted by molar-refractivity contribution is -0.138. The predicted octanol–water partition coefficient (Wildman–Crippen LogP) is 1.93. The average molecular weight is 269 g/mol. The minimum absolute atomic E-state index is 0.132. The smallest absolute Gasteiger partial charge is 0.225 e. The molecule has 2 heterocycles. The van der Waals surface area contributed by atoms with Crippen molar-refractivity contribution in [3.8, 4) is 0 Å². The van der Waals surface area contributed by atoms with Crippen LogP contribution in [0.15, 0.2) is 0 Å². The van der Waals surface area contributed by atoms with Crippen molar-refractivity contribution in [3.05, 3.63) is 0 Å². The highest BCUT2D eigenvalue weighted by atomic mass is 16.5. The monoisotopic (exact) mass is 269 g/mol. The molecule has 2 unspecified atom stereocenters. The molecule has 0 spiro atoms. The van der Waals surface area contributed by atoms with Crippen LogP contribution in [-0.2, 0) is 14.3 Å². The third kappa shape index (κ3) is 3.48. The van der Waals surface area contributed by atoms with Gasteiger partial charge >= 0.3 is 0 Å². The van der Waals surface area contributed by atoms with Crippen LogP contribution in [0.3, 0.4) is 0 Å². The Kier molecular flexibility index (Phi) is 5.22. The Bertz CT molecular complexity index is 302. The van der Waals surface area contributed by atoms with Gasteiger partial charge in [0.15, 0.2) is 0 Å². The van der Waals surface area contributed by atoms with Crippen LogP contribution in [0.4, 0.5) is 0 Å². The van der Waals surface area contributed by atoms with Crippen molar-refractivity contribution in [2.75, 3.05) is 33.5 Å². The highest BCUT2D eigenvalue weighted by Gasteiger charge is 2.36. The first-order valence-electron chi connectivity index (χ1n) is 7.50. The Labute approximate surface area is 116 Å². The van der Waals surface area contributed by atoms with Crippen LogP contribution in [0.25, 0.3) is 0 Å². The number of hydrogen-bond donors (Lipinski definition) is 0. The summed E-state index contributed by atoms with van der Waals surface area (Å²) in [5.74, 6) is 1.46. The number of carbonyl (C=O) groups excluding carboxylic acids is 1. The van der Waals surface area contributed by atoms with Gasteiger partial charge in [0.25, 0.3) is 0 Å². The molecular weight excluding hydrogens is 242 g/mol. The summed E-state index contributed by atoms with van der Waals surface area (Å²) in [6, 6.07) is 0.356. The molecular formula is C15H27NO3. The van der Waals surface area contributed by atoms with E-state index in [2.05, 4.69) is 18.7 Å². The normalized spacial score (nSPS) is 30.6. The lowest BCUT2D eigenvalue weighted by atomic mass is 9.86. The zero-order chi connectivity index (χ0) is 13.8. The molecule has 1 amide bonds.